The molecule has 24 heavy (non-hydrogen) atoms. The first-order valence-electron chi connectivity index (χ1n) is 8.93. The van der Waals surface area contributed by atoms with E-state index in [1.807, 2.05) is 12.1 Å². The van der Waals surface area contributed by atoms with Gasteiger partial charge in [0.25, 0.3) is 0 Å². The fourth-order valence-electron chi connectivity index (χ4n) is 3.36. The molecular formula is C20H27F3O. The van der Waals surface area contributed by atoms with E-state index in [-0.39, 0.29) is 12.4 Å². The Bertz CT molecular complexity index is 476. The molecule has 1 aliphatic carbocycles. The van der Waals surface area contributed by atoms with Crippen molar-refractivity contribution in [3.8, 4) is 5.75 Å². The predicted molar refractivity (Wildman–Crippen MR) is 91.2 cm³/mol. The van der Waals surface area contributed by atoms with Crippen LogP contribution in [0, 0.1) is 11.8 Å². The summed E-state index contributed by atoms with van der Waals surface area (Å²) >= 11 is 0. The molecule has 1 aromatic rings. The molecule has 0 saturated heterocycles. The average Bonchev–Trinajstić information content (AvgIpc) is 2.59. The summed E-state index contributed by atoms with van der Waals surface area (Å²) in [7, 11) is 0. The van der Waals surface area contributed by atoms with Crippen molar-refractivity contribution in [3.05, 3.63) is 42.0 Å². The Labute approximate surface area is 142 Å². The molecule has 1 aromatic carbocycles. The molecule has 4 heteroatoms. The molecule has 0 atom stereocenters. The van der Waals surface area contributed by atoms with Crippen molar-refractivity contribution in [2.45, 2.75) is 58.0 Å². The van der Waals surface area contributed by atoms with Crippen LogP contribution in [0.15, 0.2) is 36.4 Å². The maximum Gasteiger partial charge on any atom is 0.387 e. The summed E-state index contributed by atoms with van der Waals surface area (Å²) in [5, 5.41) is 0. The Morgan fingerprint density at radius 1 is 1.08 bits per heavy atom. The molecule has 1 aliphatic rings. The van der Waals surface area contributed by atoms with Crippen molar-refractivity contribution in [1.29, 1.82) is 0 Å². The van der Waals surface area contributed by atoms with Crippen LogP contribution in [0.5, 0.6) is 5.75 Å². The number of unbranched alkanes of at least 4 members (excludes halogenated alkanes) is 1. The van der Waals surface area contributed by atoms with Crippen LogP contribution in [-0.2, 0) is 6.42 Å². The molecule has 2 rings (SSSR count). The first-order valence-corrected chi connectivity index (χ1v) is 8.93. The number of rotatable bonds is 9. The minimum absolute atomic E-state index is 0.216. The van der Waals surface area contributed by atoms with Gasteiger partial charge in [-0.3, -0.25) is 4.39 Å². The second-order valence-electron chi connectivity index (χ2n) is 6.60. The smallest absolute Gasteiger partial charge is 0.387 e. The maximum absolute atomic E-state index is 12.1. The second-order valence-corrected chi connectivity index (χ2v) is 6.60. The quantitative estimate of drug-likeness (QED) is 0.377. The molecule has 0 N–H and O–H groups in total. The van der Waals surface area contributed by atoms with E-state index in [9.17, 15) is 13.2 Å². The molecule has 0 aliphatic heterocycles. The number of hydrogen-bond acceptors (Lipinski definition) is 1. The molecule has 0 amide bonds. The van der Waals surface area contributed by atoms with Crippen LogP contribution in [-0.4, -0.2) is 13.3 Å². The molecule has 0 bridgehead atoms. The SMILES string of the molecule is FCCCC=CC1CCC(CCc2ccc(OC(F)F)cc2)CC1. The van der Waals surface area contributed by atoms with Crippen LogP contribution in [0.4, 0.5) is 13.2 Å². The van der Waals surface area contributed by atoms with Crippen molar-refractivity contribution in [3.63, 3.8) is 0 Å². The van der Waals surface area contributed by atoms with Gasteiger partial charge in [-0.2, -0.15) is 8.78 Å². The van der Waals surface area contributed by atoms with Crippen LogP contribution in [0.2, 0.25) is 0 Å². The van der Waals surface area contributed by atoms with Gasteiger partial charge in [-0.05, 0) is 80.9 Å². The van der Waals surface area contributed by atoms with Crippen molar-refractivity contribution in [2.75, 3.05) is 6.67 Å². The minimum atomic E-state index is -2.77. The lowest BCUT2D eigenvalue weighted by molar-refractivity contribution is -0.0498. The molecule has 0 aromatic heterocycles. The van der Waals surface area contributed by atoms with Gasteiger partial charge in [0, 0.05) is 0 Å². The van der Waals surface area contributed by atoms with Crippen LogP contribution < -0.4 is 4.74 Å². The molecule has 0 radical (unpaired) electrons. The number of alkyl halides is 3. The van der Waals surface area contributed by atoms with Crippen LogP contribution in [0.1, 0.15) is 50.5 Å². The third-order valence-corrected chi connectivity index (χ3v) is 4.79. The highest BCUT2D eigenvalue weighted by Gasteiger charge is 2.19. The summed E-state index contributed by atoms with van der Waals surface area (Å²) in [4.78, 5) is 0. The zero-order chi connectivity index (χ0) is 17.2. The minimum Gasteiger partial charge on any atom is -0.435 e. The van der Waals surface area contributed by atoms with E-state index in [4.69, 9.17) is 0 Å². The van der Waals surface area contributed by atoms with Gasteiger partial charge in [0.2, 0.25) is 0 Å². The maximum atomic E-state index is 12.1. The third-order valence-electron chi connectivity index (χ3n) is 4.79. The zero-order valence-electron chi connectivity index (χ0n) is 14.1. The van der Waals surface area contributed by atoms with Gasteiger partial charge in [-0.15, -0.1) is 0 Å². The van der Waals surface area contributed by atoms with Crippen LogP contribution in [0.3, 0.4) is 0 Å². The summed E-state index contributed by atoms with van der Waals surface area (Å²) in [6.07, 6.45) is 12.9. The van der Waals surface area contributed by atoms with Gasteiger partial charge >= 0.3 is 6.61 Å². The Kier molecular flexibility index (Phi) is 8.20. The average molecular weight is 340 g/mol. The summed E-state index contributed by atoms with van der Waals surface area (Å²) in [5.74, 6) is 1.62. The highest BCUT2D eigenvalue weighted by Crippen LogP contribution is 2.32. The van der Waals surface area contributed by atoms with Crippen molar-refractivity contribution >= 4 is 0 Å². The Morgan fingerprint density at radius 3 is 2.42 bits per heavy atom. The molecule has 1 nitrogen and oxygen atoms in total. The number of ether oxygens (including phenoxy) is 1. The summed E-state index contributed by atoms with van der Waals surface area (Å²) in [6, 6.07) is 6.97. The Balaban J connectivity index is 1.66. The fourth-order valence-corrected chi connectivity index (χ4v) is 3.36. The number of benzene rings is 1. The van der Waals surface area contributed by atoms with E-state index in [1.165, 1.54) is 31.2 Å². The number of hydrogen-bond donors (Lipinski definition) is 0. The molecule has 0 spiro atoms. The van der Waals surface area contributed by atoms with Gasteiger partial charge in [-0.25, -0.2) is 0 Å². The lowest BCUT2D eigenvalue weighted by Crippen LogP contribution is -2.13. The number of allylic oxidation sites excluding steroid dienone is 2. The van der Waals surface area contributed by atoms with E-state index in [2.05, 4.69) is 16.9 Å². The fraction of sp³-hybridized carbons (Fsp3) is 0.600. The monoisotopic (exact) mass is 340 g/mol. The van der Waals surface area contributed by atoms with E-state index in [0.717, 1.165) is 25.2 Å². The normalized spacial score (nSPS) is 21.5. The van der Waals surface area contributed by atoms with Crippen LogP contribution >= 0.6 is 0 Å². The molecule has 0 heterocycles. The molecule has 134 valence electrons. The van der Waals surface area contributed by atoms with E-state index in [0.29, 0.717) is 12.3 Å². The van der Waals surface area contributed by atoms with Crippen LogP contribution in [0.25, 0.3) is 0 Å². The lowest BCUT2D eigenvalue weighted by atomic mass is 9.79. The number of aryl methyl sites for hydroxylation is 1. The predicted octanol–water partition coefficient (Wildman–Crippen LogP) is 6.33. The Morgan fingerprint density at radius 2 is 1.79 bits per heavy atom. The zero-order valence-corrected chi connectivity index (χ0v) is 14.1. The van der Waals surface area contributed by atoms with Crippen molar-refractivity contribution < 1.29 is 17.9 Å². The number of halogens is 3. The lowest BCUT2D eigenvalue weighted by Gasteiger charge is -2.26. The van der Waals surface area contributed by atoms with E-state index in [1.54, 1.807) is 12.1 Å². The highest BCUT2D eigenvalue weighted by molar-refractivity contribution is 5.27. The topological polar surface area (TPSA) is 9.23 Å². The molecule has 1 fully saturated rings. The molecule has 0 unspecified atom stereocenters. The van der Waals surface area contributed by atoms with E-state index < -0.39 is 6.61 Å². The van der Waals surface area contributed by atoms with Gasteiger partial charge in [0.1, 0.15) is 5.75 Å². The summed E-state index contributed by atoms with van der Waals surface area (Å²) in [5.41, 5.74) is 1.17. The second kappa shape index (κ2) is 10.4. The van der Waals surface area contributed by atoms with Gasteiger partial charge in [-0.1, -0.05) is 24.3 Å². The van der Waals surface area contributed by atoms with Gasteiger partial charge in [0.05, 0.1) is 6.67 Å². The third kappa shape index (κ3) is 6.98. The van der Waals surface area contributed by atoms with E-state index >= 15 is 0 Å². The summed E-state index contributed by atoms with van der Waals surface area (Å²) in [6.45, 7) is -3.00. The molecular weight excluding hydrogens is 313 g/mol. The van der Waals surface area contributed by atoms with Gasteiger partial charge in [0.15, 0.2) is 0 Å². The standard InChI is InChI=1S/C20H27F3O/c21-15-3-1-2-4-16-5-7-17(8-6-16)9-10-18-11-13-19(14-12-18)24-20(22)23/h2,4,11-14,16-17,20H,1,3,5-10,15H2. The largest absolute Gasteiger partial charge is 0.435 e. The van der Waals surface area contributed by atoms with Gasteiger partial charge < -0.3 is 4.74 Å². The first-order chi connectivity index (χ1) is 11.7. The van der Waals surface area contributed by atoms with Crippen molar-refractivity contribution in [2.24, 2.45) is 11.8 Å². The van der Waals surface area contributed by atoms with Crippen molar-refractivity contribution in [1.82, 2.24) is 0 Å². The Hall–Kier alpha value is -1.45. The first kappa shape index (κ1) is 18.9. The highest BCUT2D eigenvalue weighted by atomic mass is 19.3. The summed E-state index contributed by atoms with van der Waals surface area (Å²) < 4.78 is 40.6. The molecule has 1 saturated carbocycles.